The van der Waals surface area contributed by atoms with Crippen molar-refractivity contribution in [2.75, 3.05) is 71.3 Å². The molecule has 1 saturated heterocycles. The summed E-state index contributed by atoms with van der Waals surface area (Å²) >= 11 is 6.17. The molecular weight excluding hydrogens is 505 g/mol. The van der Waals surface area contributed by atoms with E-state index in [1.165, 1.54) is 0 Å². The molecule has 2 aromatic rings. The van der Waals surface area contributed by atoms with Gasteiger partial charge in [0, 0.05) is 17.6 Å². The van der Waals surface area contributed by atoms with Crippen LogP contribution in [-0.2, 0) is 23.7 Å². The zero-order chi connectivity index (χ0) is 25.4. The lowest BCUT2D eigenvalue weighted by atomic mass is 9.91. The van der Waals surface area contributed by atoms with Gasteiger partial charge in [0.25, 0.3) is 0 Å². The summed E-state index contributed by atoms with van der Waals surface area (Å²) in [6.07, 6.45) is 3.49. The number of carbonyl (C=O) groups is 2. The van der Waals surface area contributed by atoms with Crippen LogP contribution in [0.3, 0.4) is 0 Å². The maximum Gasteiger partial charge on any atom is 0.328 e. The van der Waals surface area contributed by atoms with E-state index < -0.39 is 13.0 Å². The smallest absolute Gasteiger partial charge is 0.328 e. The maximum absolute atomic E-state index is 12.5. The molecule has 0 radical (unpaired) electrons. The summed E-state index contributed by atoms with van der Waals surface area (Å²) in [4.78, 5) is 24.4. The fourth-order valence-corrected chi connectivity index (χ4v) is 6.04. The van der Waals surface area contributed by atoms with Gasteiger partial charge in [-0.25, -0.2) is 0 Å². The van der Waals surface area contributed by atoms with Crippen LogP contribution in [0.15, 0.2) is 36.4 Å². The van der Waals surface area contributed by atoms with Crippen molar-refractivity contribution in [2.45, 2.75) is 6.04 Å². The molecule has 0 spiro atoms. The molecule has 2 aliphatic rings. The summed E-state index contributed by atoms with van der Waals surface area (Å²) in [5.74, 6) is -0.314. The number of ketones is 1. The van der Waals surface area contributed by atoms with Crippen molar-refractivity contribution >= 4 is 52.4 Å². The first-order chi connectivity index (χ1) is 17.4. The molecular formula is C25H32ClN3O6P+. The highest BCUT2D eigenvalue weighted by atomic mass is 35.7. The van der Waals surface area contributed by atoms with Gasteiger partial charge in [0.05, 0.1) is 58.4 Å². The van der Waals surface area contributed by atoms with E-state index >= 15 is 0 Å². The maximum atomic E-state index is 12.5. The number of benzene rings is 2. The minimum Gasteiger partial charge on any atom is -0.462 e. The molecule has 11 heteroatoms. The van der Waals surface area contributed by atoms with Gasteiger partial charge < -0.3 is 24.3 Å². The molecule has 0 amide bonds. The standard InChI is InChI=1S/C25H31ClN3O6P/c1-36(26)28-17-21(29-36)25(31)35-16-15-34-14-13-33-12-11-32-10-9-27-20-7-5-18-3-2-4-19-6-8-22(30)24(20)23(18)19/h2-8,21,28-29H,9-17H2,1H3/p+1. The van der Waals surface area contributed by atoms with E-state index in [4.69, 9.17) is 30.2 Å². The number of anilines is 1. The number of ether oxygens (including phenoxy) is 4. The Morgan fingerprint density at radius 2 is 1.75 bits per heavy atom. The van der Waals surface area contributed by atoms with Crippen molar-refractivity contribution in [3.8, 4) is 0 Å². The van der Waals surface area contributed by atoms with E-state index in [9.17, 15) is 9.59 Å². The van der Waals surface area contributed by atoms with Gasteiger partial charge in [-0.1, -0.05) is 30.3 Å². The summed E-state index contributed by atoms with van der Waals surface area (Å²) < 4.78 is 21.7. The number of carbonyl (C=O) groups excluding carboxylic acids is 2. The summed E-state index contributed by atoms with van der Waals surface area (Å²) in [6.45, 7) is 3.73. The third-order valence-electron chi connectivity index (χ3n) is 5.79. The van der Waals surface area contributed by atoms with Crippen LogP contribution in [0.4, 0.5) is 5.69 Å². The average Bonchev–Trinajstić information content (AvgIpc) is 3.24. The predicted octanol–water partition coefficient (Wildman–Crippen LogP) is 3.25. The Bertz CT molecular complexity index is 1110. The second-order valence-corrected chi connectivity index (χ2v) is 12.9. The third kappa shape index (κ3) is 7.23. The molecule has 1 aliphatic carbocycles. The van der Waals surface area contributed by atoms with Crippen LogP contribution in [0, 0.1) is 0 Å². The molecule has 2 atom stereocenters. The first-order valence-corrected chi connectivity index (χ1v) is 15.1. The Labute approximate surface area is 216 Å². The normalized spacial score (nSPS) is 20.7. The highest BCUT2D eigenvalue weighted by Gasteiger charge is 2.44. The van der Waals surface area contributed by atoms with Crippen LogP contribution in [0.1, 0.15) is 15.9 Å². The van der Waals surface area contributed by atoms with Gasteiger partial charge in [-0.3, -0.25) is 9.59 Å². The zero-order valence-electron chi connectivity index (χ0n) is 20.3. The number of esters is 1. The second-order valence-electron chi connectivity index (χ2n) is 8.50. The monoisotopic (exact) mass is 536 g/mol. The van der Waals surface area contributed by atoms with Crippen molar-refractivity contribution in [1.82, 2.24) is 10.2 Å². The van der Waals surface area contributed by atoms with Crippen molar-refractivity contribution in [3.05, 3.63) is 47.5 Å². The molecule has 9 nitrogen and oxygen atoms in total. The fraction of sp³-hybridized carbons (Fsp3) is 0.440. The quantitative estimate of drug-likeness (QED) is 0.190. The summed E-state index contributed by atoms with van der Waals surface area (Å²) in [5, 5.41) is 11.5. The minimum atomic E-state index is -1.91. The predicted molar refractivity (Wildman–Crippen MR) is 143 cm³/mol. The van der Waals surface area contributed by atoms with Crippen molar-refractivity contribution in [2.24, 2.45) is 0 Å². The Kier molecular flexibility index (Phi) is 9.67. The molecule has 194 valence electrons. The van der Waals surface area contributed by atoms with Crippen LogP contribution in [0.5, 0.6) is 0 Å². The number of rotatable bonds is 14. The third-order valence-corrected chi connectivity index (χ3v) is 8.02. The molecule has 2 unspecified atom stereocenters. The lowest BCUT2D eigenvalue weighted by molar-refractivity contribution is -0.146. The Morgan fingerprint density at radius 1 is 1.03 bits per heavy atom. The minimum absolute atomic E-state index is 0.0136. The highest BCUT2D eigenvalue weighted by molar-refractivity contribution is 7.95. The average molecular weight is 537 g/mol. The van der Waals surface area contributed by atoms with Gasteiger partial charge >= 0.3 is 5.97 Å². The van der Waals surface area contributed by atoms with Crippen molar-refractivity contribution in [1.29, 1.82) is 0 Å². The van der Waals surface area contributed by atoms with E-state index in [0.29, 0.717) is 52.7 Å². The Morgan fingerprint density at radius 3 is 2.47 bits per heavy atom. The largest absolute Gasteiger partial charge is 0.462 e. The zero-order valence-corrected chi connectivity index (χ0v) is 21.9. The van der Waals surface area contributed by atoms with E-state index in [2.05, 4.69) is 15.5 Å². The molecule has 4 rings (SSSR count). The molecule has 0 aromatic heterocycles. The highest BCUT2D eigenvalue weighted by Crippen LogP contribution is 2.54. The van der Waals surface area contributed by atoms with Crippen LogP contribution in [-0.4, -0.2) is 83.8 Å². The topological polar surface area (TPSA) is 107 Å². The van der Waals surface area contributed by atoms with Crippen LogP contribution in [0.25, 0.3) is 16.8 Å². The van der Waals surface area contributed by atoms with Gasteiger partial charge in [0.1, 0.15) is 17.8 Å². The van der Waals surface area contributed by atoms with Crippen LogP contribution >= 0.6 is 18.2 Å². The van der Waals surface area contributed by atoms with E-state index in [-0.39, 0.29) is 18.4 Å². The number of hydrogen-bond donors (Lipinski definition) is 3. The molecule has 2 aromatic carbocycles. The fourth-order valence-electron chi connectivity index (χ4n) is 4.08. The Balaban J connectivity index is 1.01. The molecule has 1 fully saturated rings. The molecule has 3 N–H and O–H groups in total. The van der Waals surface area contributed by atoms with Gasteiger partial charge in [0.2, 0.25) is 6.92 Å². The van der Waals surface area contributed by atoms with E-state index in [1.807, 2.05) is 43.1 Å². The molecule has 1 heterocycles. The van der Waals surface area contributed by atoms with Crippen LogP contribution in [0.2, 0.25) is 0 Å². The molecule has 0 bridgehead atoms. The SMILES string of the molecule is C[P+]1(Cl)NCC(C(=O)OCCOCCOCCOCCNc2ccc3cccc4c3c2C(=O)C=C4)N1. The summed E-state index contributed by atoms with van der Waals surface area (Å²) in [6, 6.07) is 9.60. The number of allylic oxidation sites excluding steroid dienone is 1. The van der Waals surface area contributed by atoms with Crippen molar-refractivity contribution < 1.29 is 28.5 Å². The molecule has 36 heavy (non-hydrogen) atoms. The van der Waals surface area contributed by atoms with Crippen LogP contribution < -0.4 is 15.5 Å². The molecule has 0 saturated carbocycles. The first kappa shape index (κ1) is 26.9. The summed E-state index contributed by atoms with van der Waals surface area (Å²) in [5.41, 5.74) is 2.60. The molecule has 1 aliphatic heterocycles. The lowest BCUT2D eigenvalue weighted by Gasteiger charge is -2.17. The van der Waals surface area contributed by atoms with Gasteiger partial charge in [-0.05, 0) is 23.1 Å². The number of halogens is 1. The van der Waals surface area contributed by atoms with Gasteiger partial charge in [-0.15, -0.1) is 5.09 Å². The second kappa shape index (κ2) is 12.9. The van der Waals surface area contributed by atoms with Gasteiger partial charge in [0.15, 0.2) is 11.8 Å². The lowest BCUT2D eigenvalue weighted by Crippen LogP contribution is -2.34. The van der Waals surface area contributed by atoms with E-state index in [1.54, 1.807) is 6.08 Å². The first-order valence-electron chi connectivity index (χ1n) is 12.0. The van der Waals surface area contributed by atoms with E-state index in [0.717, 1.165) is 27.6 Å². The number of hydrogen-bond acceptors (Lipinski definition) is 9. The van der Waals surface area contributed by atoms with Crippen molar-refractivity contribution in [3.63, 3.8) is 0 Å². The Hall–Kier alpha value is -2.10. The number of nitrogens with one attached hydrogen (secondary N) is 3. The van der Waals surface area contributed by atoms with Gasteiger partial charge in [-0.2, -0.15) is 5.09 Å². The summed E-state index contributed by atoms with van der Waals surface area (Å²) in [7, 11) is 0.